The molecule has 2 saturated heterocycles. The Morgan fingerprint density at radius 3 is 1.72 bits per heavy atom. The van der Waals surface area contributed by atoms with Crippen LogP contribution in [-0.4, -0.2) is 64.3 Å². The number of esters is 1. The van der Waals surface area contributed by atoms with Gasteiger partial charge in [-0.05, 0) is 61.8 Å². The summed E-state index contributed by atoms with van der Waals surface area (Å²) >= 11 is 3.55. The topological polar surface area (TPSA) is 81.7 Å². The monoisotopic (exact) mass is 708 g/mol. The third-order valence-electron chi connectivity index (χ3n) is 11.6. The van der Waals surface area contributed by atoms with E-state index >= 15 is 0 Å². The first-order chi connectivity index (χ1) is 22.8. The molecule has 2 aromatic rings. The van der Waals surface area contributed by atoms with Crippen LogP contribution in [0.1, 0.15) is 72.9 Å². The molecule has 0 N–H and O–H groups in total. The molecule has 2 aliphatic carbocycles. The van der Waals surface area contributed by atoms with E-state index in [1.54, 1.807) is 6.07 Å². The first-order valence-electron chi connectivity index (χ1n) is 16.9. The molecule has 252 valence electrons. The van der Waals surface area contributed by atoms with Gasteiger partial charge in [0, 0.05) is 52.1 Å². The number of benzene rings is 2. The molecule has 4 fully saturated rings. The lowest BCUT2D eigenvalue weighted by Gasteiger charge is -2.47. The van der Waals surface area contributed by atoms with E-state index in [4.69, 9.17) is 33.2 Å². The van der Waals surface area contributed by atoms with E-state index in [2.05, 4.69) is 59.4 Å². The first kappa shape index (κ1) is 32.8. The maximum Gasteiger partial charge on any atom is 0.337 e. The van der Waals surface area contributed by atoms with Crippen molar-refractivity contribution in [2.45, 2.75) is 73.8 Å². The fourth-order valence-corrected chi connectivity index (χ4v) is 9.46. The van der Waals surface area contributed by atoms with Gasteiger partial charge in [-0.15, -0.1) is 13.2 Å². The van der Waals surface area contributed by atoms with Crippen LogP contribution >= 0.6 is 15.9 Å². The summed E-state index contributed by atoms with van der Waals surface area (Å²) in [6.07, 6.45) is 11.5. The lowest BCUT2D eigenvalue weighted by molar-refractivity contribution is -0.196. The summed E-state index contributed by atoms with van der Waals surface area (Å²) in [5.41, 5.74) is 2.66. The smallest absolute Gasteiger partial charge is 0.337 e. The van der Waals surface area contributed by atoms with E-state index in [9.17, 15) is 4.79 Å². The number of hydrogen-bond acceptors (Lipinski definition) is 8. The highest BCUT2D eigenvalue weighted by Gasteiger charge is 2.54. The van der Waals surface area contributed by atoms with Crippen molar-refractivity contribution >= 4 is 21.9 Å². The van der Waals surface area contributed by atoms with Crippen molar-refractivity contribution in [1.29, 1.82) is 0 Å². The average Bonchev–Trinajstić information content (AvgIpc) is 3.68. The summed E-state index contributed by atoms with van der Waals surface area (Å²) in [5, 5.41) is 0. The Kier molecular flexibility index (Phi) is 9.06. The molecule has 4 atom stereocenters. The van der Waals surface area contributed by atoms with E-state index in [0.29, 0.717) is 50.4 Å². The standard InChI is InChI=1S/C20H24O5.C18H21BrO3/c1-3-19-7-8-20(24-10-11-25-20)13-15(19)6-9-23-17-12-14(18(21)22-2)4-5-16(17)19;1-2-17-6-7-18(21-9-10-22-18)12-13(17)5-8-20-16-11-14(19)3-4-15(16)17/h3-5,12,15H,1,6-11,13H2,2H3;2-4,11,13H,1,5-10,12H2/t15-,19+;13-,17+/m00/s1. The SMILES string of the molecule is C=C[C@@]12CCC3(C[C@@H]1CCOc1cc(Br)ccc12)OCCO3.C=C[C@@]12CCC3(C[C@@H]1CCOc1cc(C(=O)OC)ccc12)OCCO3. The van der Waals surface area contributed by atoms with Crippen molar-refractivity contribution in [2.24, 2.45) is 11.8 Å². The van der Waals surface area contributed by atoms with Crippen LogP contribution < -0.4 is 9.47 Å². The summed E-state index contributed by atoms with van der Waals surface area (Å²) in [5.74, 6) is 1.37. The number of ether oxygens (including phenoxy) is 7. The molecule has 47 heavy (non-hydrogen) atoms. The van der Waals surface area contributed by atoms with Crippen LogP contribution in [0.15, 0.2) is 66.2 Å². The minimum absolute atomic E-state index is 0.0346. The summed E-state index contributed by atoms with van der Waals surface area (Å²) in [4.78, 5) is 11.9. The number of fused-ring (bicyclic) bond motifs is 6. The van der Waals surface area contributed by atoms with Gasteiger partial charge in [-0.3, -0.25) is 0 Å². The fraction of sp³-hybridized carbons (Fsp3) is 0.553. The van der Waals surface area contributed by atoms with Gasteiger partial charge in [0.15, 0.2) is 11.6 Å². The molecule has 2 aromatic carbocycles. The molecular formula is C38H45BrO8. The lowest BCUT2D eigenvalue weighted by Crippen LogP contribution is -2.47. The number of halogens is 1. The van der Waals surface area contributed by atoms with Gasteiger partial charge >= 0.3 is 5.97 Å². The van der Waals surface area contributed by atoms with E-state index in [-0.39, 0.29) is 22.6 Å². The maximum absolute atomic E-state index is 11.9. The van der Waals surface area contributed by atoms with Crippen LogP contribution in [0.4, 0.5) is 0 Å². The molecule has 8 rings (SSSR count). The van der Waals surface area contributed by atoms with E-state index in [0.717, 1.165) is 79.5 Å². The molecule has 0 unspecified atom stereocenters. The molecule has 2 spiro atoms. The number of rotatable bonds is 3. The second-order valence-electron chi connectivity index (χ2n) is 13.6. The van der Waals surface area contributed by atoms with E-state index < -0.39 is 5.79 Å². The predicted molar refractivity (Wildman–Crippen MR) is 180 cm³/mol. The third kappa shape index (κ3) is 5.76. The van der Waals surface area contributed by atoms with Gasteiger partial charge < -0.3 is 33.2 Å². The number of allylic oxidation sites excluding steroid dienone is 2. The van der Waals surface area contributed by atoms with Crippen molar-refractivity contribution in [3.63, 3.8) is 0 Å². The lowest BCUT2D eigenvalue weighted by atomic mass is 9.60. The van der Waals surface area contributed by atoms with E-state index in [1.165, 1.54) is 12.7 Å². The summed E-state index contributed by atoms with van der Waals surface area (Å²) in [6, 6.07) is 12.0. The van der Waals surface area contributed by atoms with Crippen LogP contribution in [0, 0.1) is 11.8 Å². The Bertz CT molecular complexity index is 1510. The molecule has 9 heteroatoms. The highest BCUT2D eigenvalue weighted by Crippen LogP contribution is 2.56. The highest BCUT2D eigenvalue weighted by atomic mass is 79.9. The molecule has 0 aromatic heterocycles. The Hall–Kier alpha value is -2.69. The van der Waals surface area contributed by atoms with E-state index in [1.807, 2.05) is 12.1 Å². The zero-order chi connectivity index (χ0) is 32.7. The van der Waals surface area contributed by atoms with Crippen LogP contribution in [-0.2, 0) is 34.5 Å². The zero-order valence-corrected chi connectivity index (χ0v) is 28.8. The minimum atomic E-state index is -0.437. The number of carbonyl (C=O) groups excluding carboxylic acids is 1. The van der Waals surface area contributed by atoms with Crippen LogP contribution in [0.3, 0.4) is 0 Å². The number of hydrogen-bond donors (Lipinski definition) is 0. The van der Waals surface area contributed by atoms with Gasteiger partial charge in [-0.25, -0.2) is 4.79 Å². The molecule has 0 bridgehead atoms. The molecule has 0 amide bonds. The Labute approximate surface area is 285 Å². The van der Waals surface area contributed by atoms with Gasteiger partial charge in [-0.2, -0.15) is 0 Å². The van der Waals surface area contributed by atoms with Crippen molar-refractivity contribution < 1.29 is 38.0 Å². The van der Waals surface area contributed by atoms with Gasteiger partial charge in [0.2, 0.25) is 0 Å². The van der Waals surface area contributed by atoms with Crippen molar-refractivity contribution in [3.05, 3.63) is 82.9 Å². The molecule has 6 aliphatic rings. The molecule has 4 aliphatic heterocycles. The van der Waals surface area contributed by atoms with Crippen molar-refractivity contribution in [1.82, 2.24) is 0 Å². The Morgan fingerprint density at radius 1 is 0.745 bits per heavy atom. The van der Waals surface area contributed by atoms with Gasteiger partial charge in [-0.1, -0.05) is 40.2 Å². The summed E-state index contributed by atoms with van der Waals surface area (Å²) < 4.78 is 41.8. The third-order valence-corrected chi connectivity index (χ3v) is 12.1. The minimum Gasteiger partial charge on any atom is -0.493 e. The average molecular weight is 710 g/mol. The molecule has 4 heterocycles. The normalized spacial score (nSPS) is 31.2. The summed E-state index contributed by atoms with van der Waals surface area (Å²) in [7, 11) is 1.39. The highest BCUT2D eigenvalue weighted by molar-refractivity contribution is 9.10. The predicted octanol–water partition coefficient (Wildman–Crippen LogP) is 7.42. The van der Waals surface area contributed by atoms with Gasteiger partial charge in [0.1, 0.15) is 11.5 Å². The fourth-order valence-electron chi connectivity index (χ4n) is 9.12. The molecule has 8 nitrogen and oxygen atoms in total. The van der Waals surface area contributed by atoms with Gasteiger partial charge in [0.05, 0.1) is 52.3 Å². The van der Waals surface area contributed by atoms with Crippen molar-refractivity contribution in [3.8, 4) is 11.5 Å². The Balaban J connectivity index is 0.000000151. The quantitative estimate of drug-likeness (QED) is 0.241. The van der Waals surface area contributed by atoms with Crippen molar-refractivity contribution in [2.75, 3.05) is 46.8 Å². The second kappa shape index (κ2) is 13.0. The Morgan fingerprint density at radius 2 is 1.23 bits per heavy atom. The number of carbonyl (C=O) groups is 1. The second-order valence-corrected chi connectivity index (χ2v) is 14.5. The largest absolute Gasteiger partial charge is 0.493 e. The van der Waals surface area contributed by atoms with Crippen LogP contribution in [0.5, 0.6) is 11.5 Å². The van der Waals surface area contributed by atoms with Gasteiger partial charge in [0.25, 0.3) is 0 Å². The summed E-state index contributed by atoms with van der Waals surface area (Å²) in [6.45, 7) is 12.5. The first-order valence-corrected chi connectivity index (χ1v) is 17.7. The number of methoxy groups -OCH3 is 1. The maximum atomic E-state index is 11.9. The van der Waals surface area contributed by atoms with Crippen LogP contribution in [0.2, 0.25) is 0 Å². The molecule has 0 radical (unpaired) electrons. The molecular weight excluding hydrogens is 664 g/mol. The zero-order valence-electron chi connectivity index (χ0n) is 27.2. The molecule has 2 saturated carbocycles. The van der Waals surface area contributed by atoms with Crippen LogP contribution in [0.25, 0.3) is 0 Å².